The van der Waals surface area contributed by atoms with Gasteiger partial charge in [0.2, 0.25) is 0 Å². The first kappa shape index (κ1) is 14.8. The molecule has 20 heavy (non-hydrogen) atoms. The lowest BCUT2D eigenvalue weighted by Gasteiger charge is -2.28. The van der Waals surface area contributed by atoms with Gasteiger partial charge in [0.25, 0.3) is 0 Å². The van der Waals surface area contributed by atoms with Crippen LogP contribution in [0.3, 0.4) is 0 Å². The predicted molar refractivity (Wildman–Crippen MR) is 77.0 cm³/mol. The van der Waals surface area contributed by atoms with Crippen molar-refractivity contribution in [3.8, 4) is 0 Å². The van der Waals surface area contributed by atoms with Gasteiger partial charge in [0.15, 0.2) is 0 Å². The number of ether oxygens (including phenoxy) is 1. The molecule has 1 saturated heterocycles. The Morgan fingerprint density at radius 2 is 2.25 bits per heavy atom. The van der Waals surface area contributed by atoms with E-state index in [2.05, 4.69) is 4.98 Å². The van der Waals surface area contributed by atoms with E-state index in [1.165, 1.54) is 0 Å². The number of carbonyl (C=O) groups excluding carboxylic acids is 1. The van der Waals surface area contributed by atoms with Crippen LogP contribution in [0.25, 0.3) is 0 Å². The maximum atomic E-state index is 12.2. The highest BCUT2D eigenvalue weighted by molar-refractivity contribution is 5.69. The lowest BCUT2D eigenvalue weighted by atomic mass is 10.1. The highest BCUT2D eigenvalue weighted by Crippen LogP contribution is 2.32. The van der Waals surface area contributed by atoms with Crippen LogP contribution in [0, 0.1) is 0 Å². The van der Waals surface area contributed by atoms with E-state index in [1.54, 1.807) is 11.1 Å². The summed E-state index contributed by atoms with van der Waals surface area (Å²) in [4.78, 5) is 18.4. The fraction of sp³-hybridized carbons (Fsp3) is 0.600. The van der Waals surface area contributed by atoms with Crippen LogP contribution >= 0.6 is 0 Å². The van der Waals surface area contributed by atoms with E-state index < -0.39 is 5.60 Å². The van der Waals surface area contributed by atoms with Gasteiger partial charge < -0.3 is 10.5 Å². The number of nitrogens with zero attached hydrogens (tertiary/aromatic N) is 2. The van der Waals surface area contributed by atoms with E-state index in [9.17, 15) is 4.79 Å². The Labute approximate surface area is 120 Å². The Kier molecular flexibility index (Phi) is 4.28. The number of likely N-dealkylation sites (tertiary alicyclic amines) is 1. The van der Waals surface area contributed by atoms with Crippen LogP contribution in [0.5, 0.6) is 0 Å². The zero-order chi connectivity index (χ0) is 14.8. The van der Waals surface area contributed by atoms with Gasteiger partial charge in [0, 0.05) is 19.3 Å². The summed E-state index contributed by atoms with van der Waals surface area (Å²) >= 11 is 0. The van der Waals surface area contributed by atoms with Gasteiger partial charge in [-0.3, -0.25) is 9.88 Å². The van der Waals surface area contributed by atoms with E-state index in [1.807, 2.05) is 32.9 Å². The molecule has 1 amide bonds. The molecule has 2 rings (SSSR count). The SMILES string of the molecule is CC(C)(C)OC(=O)N1CCCC1c1ccc(CN)cn1. The highest BCUT2D eigenvalue weighted by Gasteiger charge is 2.33. The van der Waals surface area contributed by atoms with E-state index in [0.29, 0.717) is 6.54 Å². The molecule has 1 unspecified atom stereocenters. The Morgan fingerprint density at radius 3 is 2.80 bits per heavy atom. The van der Waals surface area contributed by atoms with E-state index >= 15 is 0 Å². The van der Waals surface area contributed by atoms with Crippen LogP contribution in [0.1, 0.15) is 50.9 Å². The van der Waals surface area contributed by atoms with Crippen molar-refractivity contribution in [3.05, 3.63) is 29.6 Å². The van der Waals surface area contributed by atoms with Crippen LogP contribution < -0.4 is 5.73 Å². The van der Waals surface area contributed by atoms with Gasteiger partial charge in [-0.05, 0) is 45.2 Å². The average Bonchev–Trinajstić information content (AvgIpc) is 2.86. The number of aromatic nitrogens is 1. The van der Waals surface area contributed by atoms with Gasteiger partial charge in [-0.25, -0.2) is 4.79 Å². The molecule has 0 spiro atoms. The molecule has 0 saturated carbocycles. The summed E-state index contributed by atoms with van der Waals surface area (Å²) in [5, 5.41) is 0. The third-order valence-electron chi connectivity index (χ3n) is 3.31. The number of rotatable bonds is 2. The predicted octanol–water partition coefficient (Wildman–Crippen LogP) is 2.61. The lowest BCUT2D eigenvalue weighted by Crippen LogP contribution is -2.36. The first-order valence-corrected chi connectivity index (χ1v) is 7.05. The van der Waals surface area contributed by atoms with Crippen molar-refractivity contribution in [3.63, 3.8) is 0 Å². The van der Waals surface area contributed by atoms with Gasteiger partial charge >= 0.3 is 6.09 Å². The lowest BCUT2D eigenvalue weighted by molar-refractivity contribution is 0.0221. The number of amides is 1. The normalized spacial score (nSPS) is 19.2. The smallest absolute Gasteiger partial charge is 0.410 e. The monoisotopic (exact) mass is 277 g/mol. The standard InChI is InChI=1S/C15H23N3O2/c1-15(2,3)20-14(19)18-8-4-5-13(18)12-7-6-11(9-16)10-17-12/h6-7,10,13H,4-5,8-9,16H2,1-3H3. The summed E-state index contributed by atoms with van der Waals surface area (Å²) in [6.07, 6.45) is 3.42. The maximum Gasteiger partial charge on any atom is 0.410 e. The second-order valence-electron chi connectivity index (χ2n) is 6.13. The van der Waals surface area contributed by atoms with Crippen molar-refractivity contribution in [2.75, 3.05) is 6.54 Å². The minimum Gasteiger partial charge on any atom is -0.444 e. The molecule has 5 heteroatoms. The quantitative estimate of drug-likeness (QED) is 0.902. The molecule has 1 fully saturated rings. The van der Waals surface area contributed by atoms with Gasteiger partial charge in [-0.15, -0.1) is 0 Å². The summed E-state index contributed by atoms with van der Waals surface area (Å²) in [6, 6.07) is 3.93. The molecule has 0 radical (unpaired) electrons. The summed E-state index contributed by atoms with van der Waals surface area (Å²) in [6.45, 7) is 6.84. The van der Waals surface area contributed by atoms with Crippen molar-refractivity contribution < 1.29 is 9.53 Å². The largest absolute Gasteiger partial charge is 0.444 e. The Morgan fingerprint density at radius 1 is 1.50 bits per heavy atom. The zero-order valence-corrected chi connectivity index (χ0v) is 12.4. The van der Waals surface area contributed by atoms with Crippen LogP contribution in [0.4, 0.5) is 4.79 Å². The van der Waals surface area contributed by atoms with Gasteiger partial charge in [0.05, 0.1) is 11.7 Å². The fourth-order valence-corrected chi connectivity index (χ4v) is 2.37. The topological polar surface area (TPSA) is 68.5 Å². The molecule has 5 nitrogen and oxygen atoms in total. The van der Waals surface area contributed by atoms with Crippen molar-refractivity contribution in [1.29, 1.82) is 0 Å². The summed E-state index contributed by atoms with van der Waals surface area (Å²) in [5.41, 5.74) is 7.01. The molecule has 0 bridgehead atoms. The number of pyridine rings is 1. The second kappa shape index (κ2) is 5.79. The first-order chi connectivity index (χ1) is 9.40. The second-order valence-corrected chi connectivity index (χ2v) is 6.13. The molecule has 1 aliphatic heterocycles. The Balaban J connectivity index is 2.12. The van der Waals surface area contributed by atoms with Crippen molar-refractivity contribution in [2.24, 2.45) is 5.73 Å². The molecular weight excluding hydrogens is 254 g/mol. The molecule has 1 aromatic heterocycles. The molecule has 110 valence electrons. The Bertz CT molecular complexity index is 465. The summed E-state index contributed by atoms with van der Waals surface area (Å²) in [7, 11) is 0. The summed E-state index contributed by atoms with van der Waals surface area (Å²) in [5.74, 6) is 0. The minimum absolute atomic E-state index is 0.0108. The summed E-state index contributed by atoms with van der Waals surface area (Å²) < 4.78 is 5.46. The molecule has 0 aromatic carbocycles. The Hall–Kier alpha value is -1.62. The van der Waals surface area contributed by atoms with E-state index in [0.717, 1.165) is 30.6 Å². The third kappa shape index (κ3) is 3.48. The van der Waals surface area contributed by atoms with Gasteiger partial charge in [-0.2, -0.15) is 0 Å². The first-order valence-electron chi connectivity index (χ1n) is 7.05. The van der Waals surface area contributed by atoms with Crippen LogP contribution in [0.2, 0.25) is 0 Å². The van der Waals surface area contributed by atoms with Crippen LogP contribution in [-0.4, -0.2) is 28.1 Å². The zero-order valence-electron chi connectivity index (χ0n) is 12.4. The van der Waals surface area contributed by atoms with Crippen LogP contribution in [-0.2, 0) is 11.3 Å². The van der Waals surface area contributed by atoms with E-state index in [4.69, 9.17) is 10.5 Å². The molecule has 1 aromatic rings. The van der Waals surface area contributed by atoms with Crippen LogP contribution in [0.15, 0.2) is 18.3 Å². The average molecular weight is 277 g/mol. The molecule has 0 aliphatic carbocycles. The number of carbonyl (C=O) groups is 1. The third-order valence-corrected chi connectivity index (χ3v) is 3.31. The molecule has 1 atom stereocenters. The van der Waals surface area contributed by atoms with E-state index in [-0.39, 0.29) is 12.1 Å². The number of nitrogens with two attached hydrogens (primary N) is 1. The number of hydrogen-bond donors (Lipinski definition) is 1. The van der Waals surface area contributed by atoms with Gasteiger partial charge in [0.1, 0.15) is 5.60 Å². The molecular formula is C15H23N3O2. The fourth-order valence-electron chi connectivity index (χ4n) is 2.37. The van der Waals surface area contributed by atoms with Crippen molar-refractivity contribution in [2.45, 2.75) is 51.8 Å². The molecule has 2 N–H and O–H groups in total. The highest BCUT2D eigenvalue weighted by atomic mass is 16.6. The maximum absolute atomic E-state index is 12.2. The van der Waals surface area contributed by atoms with Gasteiger partial charge in [-0.1, -0.05) is 6.07 Å². The molecule has 1 aliphatic rings. The van der Waals surface area contributed by atoms with Crippen molar-refractivity contribution in [1.82, 2.24) is 9.88 Å². The molecule has 2 heterocycles. The minimum atomic E-state index is -0.471. The van der Waals surface area contributed by atoms with Crippen molar-refractivity contribution >= 4 is 6.09 Å². The number of hydrogen-bond acceptors (Lipinski definition) is 4.